The van der Waals surface area contributed by atoms with Crippen molar-refractivity contribution < 1.29 is 17.4 Å². The van der Waals surface area contributed by atoms with Gasteiger partial charge in [0.2, 0.25) is 5.71 Å². The largest absolute Gasteiger partial charge is 0.511 e. The second-order valence-corrected chi connectivity index (χ2v) is 2.66. The van der Waals surface area contributed by atoms with Gasteiger partial charge in [0.05, 0.1) is 6.26 Å². The van der Waals surface area contributed by atoms with Crippen LogP contribution in [0.3, 0.4) is 0 Å². The maximum Gasteiger partial charge on any atom is 0.511 e. The van der Waals surface area contributed by atoms with Gasteiger partial charge in [-0.15, -0.1) is 0 Å². The van der Waals surface area contributed by atoms with Crippen molar-refractivity contribution in [2.24, 2.45) is 0 Å². The summed E-state index contributed by atoms with van der Waals surface area (Å²) in [5, 5.41) is 0.372. The van der Waals surface area contributed by atoms with Crippen LogP contribution in [0.2, 0.25) is 0 Å². The summed E-state index contributed by atoms with van der Waals surface area (Å²) >= 11 is 0. The maximum absolute atomic E-state index is 12.2. The van der Waals surface area contributed by atoms with Crippen LogP contribution >= 0.6 is 0 Å². The molecule has 2 aromatic heterocycles. The molecule has 0 aliphatic rings. The van der Waals surface area contributed by atoms with E-state index >= 15 is 0 Å². The van der Waals surface area contributed by atoms with Gasteiger partial charge >= 0.3 is 6.98 Å². The summed E-state index contributed by atoms with van der Waals surface area (Å²) in [6.07, 6.45) is 2.09. The van der Waals surface area contributed by atoms with E-state index in [1.807, 2.05) is 0 Å². The maximum atomic E-state index is 12.2. The lowest BCUT2D eigenvalue weighted by atomic mass is 9.81. The minimum absolute atomic E-state index is 0.226. The van der Waals surface area contributed by atoms with Crippen LogP contribution in [-0.4, -0.2) is 12.0 Å². The van der Waals surface area contributed by atoms with E-state index in [0.717, 1.165) is 12.3 Å². The minimum Gasteiger partial charge on any atom is -0.446 e. The molecule has 13 heavy (non-hydrogen) atoms. The molecule has 0 saturated heterocycles. The summed E-state index contributed by atoms with van der Waals surface area (Å²) in [5.41, 5.74) is -0.474. The fraction of sp³-hybridized carbons (Fsp3) is 0. The van der Waals surface area contributed by atoms with E-state index in [9.17, 15) is 12.9 Å². The Kier molecular flexibility index (Phi) is 1.58. The van der Waals surface area contributed by atoms with Gasteiger partial charge in [-0.05, 0) is 6.07 Å². The zero-order valence-corrected chi connectivity index (χ0v) is 6.38. The first-order chi connectivity index (χ1) is 6.07. The summed E-state index contributed by atoms with van der Waals surface area (Å²) < 4.78 is 41.5. The van der Waals surface area contributed by atoms with Crippen molar-refractivity contribution in [3.8, 4) is 0 Å². The van der Waals surface area contributed by atoms with Gasteiger partial charge in [0.15, 0.2) is 0 Å². The van der Waals surface area contributed by atoms with Crippen molar-refractivity contribution in [3.05, 3.63) is 24.6 Å². The smallest absolute Gasteiger partial charge is 0.446 e. The fourth-order valence-electron chi connectivity index (χ4n) is 1.05. The van der Waals surface area contributed by atoms with Gasteiger partial charge in [-0.3, -0.25) is 0 Å². The Hall–Kier alpha value is -1.46. The molecule has 2 nitrogen and oxygen atoms in total. The second-order valence-electron chi connectivity index (χ2n) is 2.66. The van der Waals surface area contributed by atoms with Crippen LogP contribution in [0, 0.1) is 0 Å². The number of fused-ring (bicyclic) bond motifs is 1. The first-order valence-electron chi connectivity index (χ1n) is 3.60. The van der Waals surface area contributed by atoms with E-state index in [1.54, 1.807) is 0 Å². The predicted molar refractivity (Wildman–Crippen MR) is 42.7 cm³/mol. The Bertz CT molecular complexity index is 436. The summed E-state index contributed by atoms with van der Waals surface area (Å²) in [5.74, 6) is 0. The number of hydrogen-bond donors (Lipinski definition) is 0. The van der Waals surface area contributed by atoms with Crippen molar-refractivity contribution in [2.45, 2.75) is 0 Å². The molecule has 2 rings (SSSR count). The van der Waals surface area contributed by atoms with Crippen LogP contribution in [0.25, 0.3) is 11.1 Å². The van der Waals surface area contributed by atoms with Crippen molar-refractivity contribution in [2.75, 3.05) is 0 Å². The van der Waals surface area contributed by atoms with Crippen LogP contribution in [0.5, 0.6) is 0 Å². The first-order valence-corrected chi connectivity index (χ1v) is 3.60. The van der Waals surface area contributed by atoms with Crippen molar-refractivity contribution in [3.63, 3.8) is 0 Å². The summed E-state index contributed by atoms with van der Waals surface area (Å²) in [4.78, 5) is 3.54. The first kappa shape index (κ1) is 8.16. The SMILES string of the molecule is F[B-](F)(F)c1cnc2occc2c1. The van der Waals surface area contributed by atoms with E-state index in [2.05, 4.69) is 4.98 Å². The number of furan rings is 1. The van der Waals surface area contributed by atoms with E-state index in [1.165, 1.54) is 12.3 Å². The average molecular weight is 186 g/mol. The van der Waals surface area contributed by atoms with E-state index in [0.29, 0.717) is 5.39 Å². The number of pyridine rings is 1. The highest BCUT2D eigenvalue weighted by molar-refractivity contribution is 6.73. The van der Waals surface area contributed by atoms with Crippen LogP contribution in [0.1, 0.15) is 0 Å². The summed E-state index contributed by atoms with van der Waals surface area (Å²) in [6, 6.07) is 2.49. The molecule has 0 aromatic carbocycles. The lowest BCUT2D eigenvalue weighted by molar-refractivity contribution is 0.501. The van der Waals surface area contributed by atoms with Gasteiger partial charge in [0.25, 0.3) is 0 Å². The molecule has 6 heteroatoms. The molecule has 0 radical (unpaired) electrons. The molecular weight excluding hydrogens is 182 g/mol. The Morgan fingerprint density at radius 1 is 1.31 bits per heavy atom. The fourth-order valence-corrected chi connectivity index (χ4v) is 1.05. The Morgan fingerprint density at radius 3 is 2.77 bits per heavy atom. The lowest BCUT2D eigenvalue weighted by Crippen LogP contribution is -2.34. The molecular formula is C7H4BF3NO-. The van der Waals surface area contributed by atoms with Gasteiger partial charge < -0.3 is 17.4 Å². The van der Waals surface area contributed by atoms with Gasteiger partial charge in [-0.25, -0.2) is 4.98 Å². The molecule has 0 amide bonds. The number of halogens is 3. The number of nitrogens with zero attached hydrogens (tertiary/aromatic N) is 1. The standard InChI is InChI=1S/C7H4BF3NO/c9-8(10,11)6-3-5-1-2-13-7(5)12-4-6/h1-4H/q-1. The molecule has 68 valence electrons. The van der Waals surface area contributed by atoms with Crippen LogP contribution < -0.4 is 5.46 Å². The molecule has 0 aliphatic carbocycles. The molecule has 0 N–H and O–H groups in total. The molecule has 2 heterocycles. The Labute approximate surface area is 71.4 Å². The van der Waals surface area contributed by atoms with E-state index < -0.39 is 12.4 Å². The molecule has 2 aromatic rings. The highest BCUT2D eigenvalue weighted by atomic mass is 19.4. The van der Waals surface area contributed by atoms with Gasteiger partial charge in [-0.1, -0.05) is 11.5 Å². The van der Waals surface area contributed by atoms with Crippen LogP contribution in [0.4, 0.5) is 12.9 Å². The highest BCUT2D eigenvalue weighted by Gasteiger charge is 2.26. The minimum atomic E-state index is -4.97. The molecule has 0 atom stereocenters. The zero-order chi connectivity index (χ0) is 9.47. The second kappa shape index (κ2) is 2.51. The van der Waals surface area contributed by atoms with Crippen molar-refractivity contribution >= 4 is 23.5 Å². The quantitative estimate of drug-likeness (QED) is 0.635. The Balaban J connectivity index is 2.61. The van der Waals surface area contributed by atoms with E-state index in [4.69, 9.17) is 4.42 Å². The van der Waals surface area contributed by atoms with E-state index in [-0.39, 0.29) is 5.71 Å². The third-order valence-electron chi connectivity index (χ3n) is 1.71. The summed E-state index contributed by atoms with van der Waals surface area (Å²) in [7, 11) is 0. The number of aromatic nitrogens is 1. The molecule has 0 unspecified atom stereocenters. The highest BCUT2D eigenvalue weighted by Crippen LogP contribution is 2.14. The predicted octanol–water partition coefficient (Wildman–Crippen LogP) is 1.88. The average Bonchev–Trinajstić information content (AvgIpc) is 2.47. The molecule has 0 spiro atoms. The molecule has 0 fully saturated rings. The topological polar surface area (TPSA) is 26.0 Å². The summed E-state index contributed by atoms with van der Waals surface area (Å²) in [6.45, 7) is -4.97. The number of rotatable bonds is 1. The van der Waals surface area contributed by atoms with Gasteiger partial charge in [-0.2, -0.15) is 0 Å². The molecule has 0 saturated carbocycles. The van der Waals surface area contributed by atoms with Crippen molar-refractivity contribution in [1.29, 1.82) is 0 Å². The normalized spacial score (nSPS) is 12.2. The Morgan fingerprint density at radius 2 is 2.08 bits per heavy atom. The van der Waals surface area contributed by atoms with Crippen LogP contribution in [-0.2, 0) is 0 Å². The molecule has 0 aliphatic heterocycles. The number of hydrogen-bond acceptors (Lipinski definition) is 2. The van der Waals surface area contributed by atoms with Gasteiger partial charge in [0, 0.05) is 11.6 Å². The third kappa shape index (κ3) is 1.39. The van der Waals surface area contributed by atoms with Crippen LogP contribution in [0.15, 0.2) is 29.0 Å². The monoisotopic (exact) mass is 186 g/mol. The third-order valence-corrected chi connectivity index (χ3v) is 1.71. The molecule has 0 bridgehead atoms. The van der Waals surface area contributed by atoms with Crippen molar-refractivity contribution in [1.82, 2.24) is 4.98 Å². The lowest BCUT2D eigenvalue weighted by Gasteiger charge is -2.13. The van der Waals surface area contributed by atoms with Gasteiger partial charge in [0.1, 0.15) is 0 Å². The zero-order valence-electron chi connectivity index (χ0n) is 6.38.